The van der Waals surface area contributed by atoms with Gasteiger partial charge in [-0.25, -0.2) is 0 Å². The van der Waals surface area contributed by atoms with Crippen LogP contribution in [0.15, 0.2) is 30.9 Å². The number of benzene rings is 1. The monoisotopic (exact) mass is 205 g/mol. The van der Waals surface area contributed by atoms with Crippen LogP contribution in [0.3, 0.4) is 0 Å². The molecule has 0 aliphatic heterocycles. The molecule has 0 saturated carbocycles. The predicted molar refractivity (Wildman–Crippen MR) is 65.2 cm³/mol. The van der Waals surface area contributed by atoms with Crippen molar-refractivity contribution in [1.82, 2.24) is 0 Å². The van der Waals surface area contributed by atoms with Gasteiger partial charge in [0.25, 0.3) is 0 Å². The van der Waals surface area contributed by atoms with Gasteiger partial charge in [-0.05, 0) is 31.0 Å². The molecular weight excluding hydrogens is 186 g/mol. The maximum Gasteiger partial charge on any atom is 0.0681 e. The molecule has 0 aliphatic rings. The molecule has 0 aliphatic carbocycles. The van der Waals surface area contributed by atoms with E-state index in [-0.39, 0.29) is 6.61 Å². The quantitative estimate of drug-likeness (QED) is 0.747. The van der Waals surface area contributed by atoms with Crippen molar-refractivity contribution in [3.05, 3.63) is 42.0 Å². The minimum absolute atomic E-state index is 0.106. The zero-order chi connectivity index (χ0) is 11.3. The Bertz CT molecular complexity index is 333. The summed E-state index contributed by atoms with van der Waals surface area (Å²) >= 11 is 0. The summed E-state index contributed by atoms with van der Waals surface area (Å²) in [4.78, 5) is 2.25. The summed E-state index contributed by atoms with van der Waals surface area (Å²) in [5.41, 5.74) is 3.38. The van der Waals surface area contributed by atoms with Crippen LogP contribution in [0.5, 0.6) is 0 Å². The third-order valence-electron chi connectivity index (χ3n) is 2.52. The predicted octanol–water partition coefficient (Wildman–Crippen LogP) is 2.50. The van der Waals surface area contributed by atoms with Gasteiger partial charge in [-0.3, -0.25) is 0 Å². The number of anilines is 1. The van der Waals surface area contributed by atoms with Gasteiger partial charge in [0, 0.05) is 18.8 Å². The Morgan fingerprint density at radius 2 is 2.20 bits per heavy atom. The van der Waals surface area contributed by atoms with Crippen LogP contribution < -0.4 is 4.90 Å². The fourth-order valence-corrected chi connectivity index (χ4v) is 1.72. The van der Waals surface area contributed by atoms with Crippen LogP contribution >= 0.6 is 0 Å². The molecule has 2 heteroatoms. The fraction of sp³-hybridized carbons (Fsp3) is 0.385. The normalized spacial score (nSPS) is 10.1. The second-order valence-electron chi connectivity index (χ2n) is 3.61. The third-order valence-corrected chi connectivity index (χ3v) is 2.52. The lowest BCUT2D eigenvalue weighted by atomic mass is 10.1. The molecule has 0 radical (unpaired) electrons. The molecule has 82 valence electrons. The van der Waals surface area contributed by atoms with Crippen molar-refractivity contribution >= 4 is 5.69 Å². The van der Waals surface area contributed by atoms with Gasteiger partial charge in [0.05, 0.1) is 6.61 Å². The Balaban J connectivity index is 2.97. The average Bonchev–Trinajstić information content (AvgIpc) is 2.26. The van der Waals surface area contributed by atoms with E-state index in [0.717, 1.165) is 18.7 Å². The maximum atomic E-state index is 9.02. The topological polar surface area (TPSA) is 23.5 Å². The standard InChI is InChI=1S/C13H19NO/c1-4-8-14(5-2)13-7-6-12(10-15)9-11(13)3/h4,6-7,9,15H,1,5,8,10H2,2-3H3. The Labute approximate surface area is 91.9 Å². The lowest BCUT2D eigenvalue weighted by molar-refractivity contribution is 0.282. The molecular formula is C13H19NO. The van der Waals surface area contributed by atoms with E-state index in [2.05, 4.69) is 31.4 Å². The summed E-state index contributed by atoms with van der Waals surface area (Å²) < 4.78 is 0. The molecule has 1 rings (SSSR count). The number of rotatable bonds is 5. The summed E-state index contributed by atoms with van der Waals surface area (Å²) in [6.45, 7) is 9.88. The lowest BCUT2D eigenvalue weighted by Gasteiger charge is -2.23. The number of aliphatic hydroxyl groups is 1. The molecule has 0 spiro atoms. The van der Waals surface area contributed by atoms with Crippen molar-refractivity contribution in [2.45, 2.75) is 20.5 Å². The zero-order valence-corrected chi connectivity index (χ0v) is 9.53. The highest BCUT2D eigenvalue weighted by Gasteiger charge is 2.05. The van der Waals surface area contributed by atoms with Crippen molar-refractivity contribution in [2.75, 3.05) is 18.0 Å². The summed E-state index contributed by atoms with van der Waals surface area (Å²) in [5.74, 6) is 0. The van der Waals surface area contributed by atoms with Crippen LogP contribution in [0, 0.1) is 6.92 Å². The van der Waals surface area contributed by atoms with Gasteiger partial charge >= 0.3 is 0 Å². The third kappa shape index (κ3) is 2.83. The van der Waals surface area contributed by atoms with Crippen molar-refractivity contribution in [3.8, 4) is 0 Å². The van der Waals surface area contributed by atoms with Gasteiger partial charge in [0.1, 0.15) is 0 Å². The SMILES string of the molecule is C=CCN(CC)c1ccc(CO)cc1C. The van der Waals surface area contributed by atoms with Gasteiger partial charge in [-0.1, -0.05) is 18.2 Å². The molecule has 0 aromatic heterocycles. The van der Waals surface area contributed by atoms with Gasteiger partial charge in [0.15, 0.2) is 0 Å². The molecule has 1 aromatic carbocycles. The van der Waals surface area contributed by atoms with Crippen LogP contribution in [0.1, 0.15) is 18.1 Å². The maximum absolute atomic E-state index is 9.02. The van der Waals surface area contributed by atoms with Crippen LogP contribution in [0.25, 0.3) is 0 Å². The first-order chi connectivity index (χ1) is 7.22. The van der Waals surface area contributed by atoms with Gasteiger partial charge in [0.2, 0.25) is 0 Å². The molecule has 0 saturated heterocycles. The molecule has 1 N–H and O–H groups in total. The van der Waals surface area contributed by atoms with E-state index in [4.69, 9.17) is 5.11 Å². The van der Waals surface area contributed by atoms with Gasteiger partial charge in [-0.15, -0.1) is 6.58 Å². The first kappa shape index (κ1) is 11.8. The largest absolute Gasteiger partial charge is 0.392 e. The molecule has 1 aromatic rings. The summed E-state index contributed by atoms with van der Waals surface area (Å²) in [6.07, 6.45) is 1.91. The Morgan fingerprint density at radius 1 is 1.47 bits per heavy atom. The highest BCUT2D eigenvalue weighted by Crippen LogP contribution is 2.21. The molecule has 15 heavy (non-hydrogen) atoms. The number of likely N-dealkylation sites (N-methyl/N-ethyl adjacent to an activating group) is 1. The minimum Gasteiger partial charge on any atom is -0.392 e. The molecule has 0 atom stereocenters. The lowest BCUT2D eigenvalue weighted by Crippen LogP contribution is -2.23. The van der Waals surface area contributed by atoms with E-state index in [0.29, 0.717) is 0 Å². The van der Waals surface area contributed by atoms with Crippen LogP contribution in [-0.4, -0.2) is 18.2 Å². The van der Waals surface area contributed by atoms with E-state index in [1.165, 1.54) is 11.3 Å². The average molecular weight is 205 g/mol. The number of aliphatic hydroxyl groups excluding tert-OH is 1. The Morgan fingerprint density at radius 3 is 2.67 bits per heavy atom. The summed E-state index contributed by atoms with van der Waals surface area (Å²) in [6, 6.07) is 6.06. The Kier molecular flexibility index (Phi) is 4.37. The first-order valence-electron chi connectivity index (χ1n) is 5.29. The number of aryl methyl sites for hydroxylation is 1. The van der Waals surface area contributed by atoms with E-state index >= 15 is 0 Å². The molecule has 0 unspecified atom stereocenters. The van der Waals surface area contributed by atoms with Crippen LogP contribution in [-0.2, 0) is 6.61 Å². The molecule has 0 heterocycles. The summed E-state index contributed by atoms with van der Waals surface area (Å²) in [5, 5.41) is 9.02. The van der Waals surface area contributed by atoms with E-state index in [1.54, 1.807) is 0 Å². The zero-order valence-electron chi connectivity index (χ0n) is 9.53. The number of nitrogens with zero attached hydrogens (tertiary/aromatic N) is 1. The number of hydrogen-bond donors (Lipinski definition) is 1. The minimum atomic E-state index is 0.106. The van der Waals surface area contributed by atoms with E-state index in [1.807, 2.05) is 18.2 Å². The highest BCUT2D eigenvalue weighted by molar-refractivity contribution is 5.54. The van der Waals surface area contributed by atoms with E-state index < -0.39 is 0 Å². The molecule has 0 fully saturated rings. The van der Waals surface area contributed by atoms with Gasteiger partial charge in [-0.2, -0.15) is 0 Å². The number of hydrogen-bond acceptors (Lipinski definition) is 2. The van der Waals surface area contributed by atoms with Crippen LogP contribution in [0.4, 0.5) is 5.69 Å². The smallest absolute Gasteiger partial charge is 0.0681 e. The Hall–Kier alpha value is -1.28. The molecule has 0 amide bonds. The first-order valence-corrected chi connectivity index (χ1v) is 5.29. The van der Waals surface area contributed by atoms with Crippen LogP contribution in [0.2, 0.25) is 0 Å². The highest BCUT2D eigenvalue weighted by atomic mass is 16.3. The van der Waals surface area contributed by atoms with Crippen molar-refractivity contribution < 1.29 is 5.11 Å². The van der Waals surface area contributed by atoms with Crippen molar-refractivity contribution in [2.24, 2.45) is 0 Å². The van der Waals surface area contributed by atoms with Gasteiger partial charge < -0.3 is 10.0 Å². The van der Waals surface area contributed by atoms with Crippen molar-refractivity contribution in [1.29, 1.82) is 0 Å². The van der Waals surface area contributed by atoms with Crippen molar-refractivity contribution in [3.63, 3.8) is 0 Å². The fourth-order valence-electron chi connectivity index (χ4n) is 1.72. The second kappa shape index (κ2) is 5.56. The summed E-state index contributed by atoms with van der Waals surface area (Å²) in [7, 11) is 0. The second-order valence-corrected chi connectivity index (χ2v) is 3.61. The molecule has 2 nitrogen and oxygen atoms in total. The van der Waals surface area contributed by atoms with E-state index in [9.17, 15) is 0 Å². The molecule has 0 bridgehead atoms.